The molecule has 0 aliphatic heterocycles. The number of aryl methyl sites for hydroxylation is 1. The second kappa shape index (κ2) is 6.40. The smallest absolute Gasteiger partial charge is 0.253 e. The minimum atomic E-state index is 0.0664. The maximum atomic E-state index is 12.3. The predicted molar refractivity (Wildman–Crippen MR) is 75.4 cm³/mol. The topological polar surface area (TPSA) is 58.4 Å². The zero-order valence-corrected chi connectivity index (χ0v) is 11.7. The zero-order valence-electron chi connectivity index (χ0n) is 11.7. The van der Waals surface area contributed by atoms with Gasteiger partial charge < -0.3 is 10.3 Å². The average Bonchev–Trinajstić information content (AvgIpc) is 2.34. The van der Waals surface area contributed by atoms with Crippen LogP contribution in [0.1, 0.15) is 36.2 Å². The number of nitrogens with one attached hydrogen (secondary N) is 1. The van der Waals surface area contributed by atoms with Crippen LogP contribution in [0.15, 0.2) is 18.2 Å². The summed E-state index contributed by atoms with van der Waals surface area (Å²) < 4.78 is 0. The molecule has 1 amide bonds. The first-order valence-electron chi connectivity index (χ1n) is 6.28. The molecular weight excluding hydrogens is 226 g/mol. The number of hydrogen-bond donors (Lipinski definition) is 2. The number of nitrogens with two attached hydrogens (primary N) is 1. The van der Waals surface area contributed by atoms with E-state index in [9.17, 15) is 4.79 Å². The molecule has 4 nitrogen and oxygen atoms in total. The third-order valence-electron chi connectivity index (χ3n) is 3.01. The number of carbonyl (C=O) groups excluding carboxylic acids is 1. The molecule has 18 heavy (non-hydrogen) atoms. The van der Waals surface area contributed by atoms with E-state index in [-0.39, 0.29) is 5.91 Å². The Hall–Kier alpha value is -1.55. The molecule has 0 aromatic heterocycles. The quantitative estimate of drug-likeness (QED) is 0.622. The van der Waals surface area contributed by atoms with Gasteiger partial charge in [-0.15, -0.1) is 0 Å². The lowest BCUT2D eigenvalue weighted by atomic mass is 10.1. The fourth-order valence-electron chi connectivity index (χ4n) is 1.75. The molecular formula is C14H23N3O. The molecule has 4 heteroatoms. The minimum absolute atomic E-state index is 0.0664. The summed E-state index contributed by atoms with van der Waals surface area (Å²) in [6.07, 6.45) is 1.02. The number of carbonyl (C=O) groups is 1. The van der Waals surface area contributed by atoms with Crippen molar-refractivity contribution in [1.82, 2.24) is 4.90 Å². The molecule has 0 bridgehead atoms. The Bertz CT molecular complexity index is 416. The standard InChI is InChI=1S/C14H23N3O/c1-10(2)7-8-17(4)14(18)13-6-5-12(16-15)9-11(13)3/h5-6,9-10,16H,7-8,15H2,1-4H3. The highest BCUT2D eigenvalue weighted by Gasteiger charge is 2.14. The fourth-order valence-corrected chi connectivity index (χ4v) is 1.75. The van der Waals surface area contributed by atoms with Crippen molar-refractivity contribution in [2.75, 3.05) is 19.0 Å². The Balaban J connectivity index is 2.77. The van der Waals surface area contributed by atoms with Crippen LogP contribution in [0, 0.1) is 12.8 Å². The first-order chi connectivity index (χ1) is 8.45. The highest BCUT2D eigenvalue weighted by atomic mass is 16.2. The van der Waals surface area contributed by atoms with Gasteiger partial charge in [0.1, 0.15) is 0 Å². The van der Waals surface area contributed by atoms with E-state index >= 15 is 0 Å². The normalized spacial score (nSPS) is 10.6. The summed E-state index contributed by atoms with van der Waals surface area (Å²) >= 11 is 0. The molecule has 0 radical (unpaired) electrons. The van der Waals surface area contributed by atoms with Gasteiger partial charge in [-0.3, -0.25) is 10.6 Å². The van der Waals surface area contributed by atoms with Crippen LogP contribution in [-0.4, -0.2) is 24.4 Å². The van der Waals surface area contributed by atoms with E-state index in [0.29, 0.717) is 5.92 Å². The fraction of sp³-hybridized carbons (Fsp3) is 0.500. The van der Waals surface area contributed by atoms with Gasteiger partial charge in [0.05, 0.1) is 0 Å². The summed E-state index contributed by atoms with van der Waals surface area (Å²) in [5, 5.41) is 0. The van der Waals surface area contributed by atoms with E-state index in [1.54, 1.807) is 4.90 Å². The van der Waals surface area contributed by atoms with Crippen LogP contribution in [-0.2, 0) is 0 Å². The van der Waals surface area contributed by atoms with Crippen LogP contribution in [0.3, 0.4) is 0 Å². The highest BCUT2D eigenvalue weighted by Crippen LogP contribution is 2.16. The summed E-state index contributed by atoms with van der Waals surface area (Å²) in [4.78, 5) is 14.0. The third-order valence-corrected chi connectivity index (χ3v) is 3.01. The van der Waals surface area contributed by atoms with Crippen LogP contribution in [0.2, 0.25) is 0 Å². The first kappa shape index (κ1) is 14.5. The van der Waals surface area contributed by atoms with E-state index in [1.165, 1.54) is 0 Å². The number of hydrazine groups is 1. The van der Waals surface area contributed by atoms with E-state index in [0.717, 1.165) is 29.8 Å². The molecule has 100 valence electrons. The highest BCUT2D eigenvalue weighted by molar-refractivity contribution is 5.95. The Morgan fingerprint density at radius 3 is 2.61 bits per heavy atom. The largest absolute Gasteiger partial charge is 0.342 e. The molecule has 0 fully saturated rings. The van der Waals surface area contributed by atoms with Crippen molar-refractivity contribution in [2.24, 2.45) is 11.8 Å². The van der Waals surface area contributed by atoms with E-state index < -0.39 is 0 Å². The van der Waals surface area contributed by atoms with Crippen LogP contribution in [0.4, 0.5) is 5.69 Å². The lowest BCUT2D eigenvalue weighted by Crippen LogP contribution is -2.29. The number of nitrogen functional groups attached to an aromatic ring is 1. The van der Waals surface area contributed by atoms with Gasteiger partial charge in [0, 0.05) is 24.8 Å². The molecule has 1 aromatic carbocycles. The molecule has 1 rings (SSSR count). The van der Waals surface area contributed by atoms with Gasteiger partial charge >= 0.3 is 0 Å². The van der Waals surface area contributed by atoms with Crippen molar-refractivity contribution >= 4 is 11.6 Å². The molecule has 0 saturated heterocycles. The number of rotatable bonds is 5. The monoisotopic (exact) mass is 249 g/mol. The van der Waals surface area contributed by atoms with Crippen molar-refractivity contribution in [3.05, 3.63) is 29.3 Å². The third kappa shape index (κ3) is 3.74. The van der Waals surface area contributed by atoms with E-state index in [2.05, 4.69) is 19.3 Å². The molecule has 0 spiro atoms. The molecule has 0 unspecified atom stereocenters. The number of nitrogens with zero attached hydrogens (tertiary/aromatic N) is 1. The van der Waals surface area contributed by atoms with Gasteiger partial charge in [-0.25, -0.2) is 0 Å². The van der Waals surface area contributed by atoms with E-state index in [1.807, 2.05) is 32.2 Å². The Morgan fingerprint density at radius 1 is 1.44 bits per heavy atom. The van der Waals surface area contributed by atoms with Gasteiger partial charge in [0.25, 0.3) is 5.91 Å². The number of benzene rings is 1. The van der Waals surface area contributed by atoms with Crippen molar-refractivity contribution in [1.29, 1.82) is 0 Å². The first-order valence-corrected chi connectivity index (χ1v) is 6.28. The van der Waals surface area contributed by atoms with Crippen LogP contribution >= 0.6 is 0 Å². The summed E-state index contributed by atoms with van der Waals surface area (Å²) in [5.41, 5.74) is 5.07. The van der Waals surface area contributed by atoms with Crippen LogP contribution < -0.4 is 11.3 Å². The zero-order chi connectivity index (χ0) is 13.7. The Kier molecular flexibility index (Phi) is 5.16. The number of anilines is 1. The van der Waals surface area contributed by atoms with E-state index in [4.69, 9.17) is 5.84 Å². The lowest BCUT2D eigenvalue weighted by molar-refractivity contribution is 0.0788. The van der Waals surface area contributed by atoms with Crippen LogP contribution in [0.25, 0.3) is 0 Å². The number of amides is 1. The molecule has 0 saturated carbocycles. The van der Waals surface area contributed by atoms with Gasteiger partial charge in [0.15, 0.2) is 0 Å². The molecule has 0 heterocycles. The molecule has 0 aliphatic rings. The van der Waals surface area contributed by atoms with Gasteiger partial charge in [0.2, 0.25) is 0 Å². The van der Waals surface area contributed by atoms with Crippen molar-refractivity contribution < 1.29 is 4.79 Å². The van der Waals surface area contributed by atoms with Crippen LogP contribution in [0.5, 0.6) is 0 Å². The minimum Gasteiger partial charge on any atom is -0.342 e. The molecule has 3 N–H and O–H groups in total. The van der Waals surface area contributed by atoms with Crippen molar-refractivity contribution in [3.8, 4) is 0 Å². The van der Waals surface area contributed by atoms with Gasteiger partial charge in [-0.1, -0.05) is 13.8 Å². The second-order valence-electron chi connectivity index (χ2n) is 5.08. The predicted octanol–water partition coefficient (Wildman–Crippen LogP) is 2.40. The molecule has 0 aliphatic carbocycles. The number of hydrogen-bond acceptors (Lipinski definition) is 3. The maximum Gasteiger partial charge on any atom is 0.253 e. The Morgan fingerprint density at radius 2 is 2.11 bits per heavy atom. The van der Waals surface area contributed by atoms with Crippen molar-refractivity contribution in [2.45, 2.75) is 27.2 Å². The summed E-state index contributed by atoms with van der Waals surface area (Å²) in [6, 6.07) is 5.51. The van der Waals surface area contributed by atoms with Crippen molar-refractivity contribution in [3.63, 3.8) is 0 Å². The summed E-state index contributed by atoms with van der Waals surface area (Å²) in [7, 11) is 1.85. The van der Waals surface area contributed by atoms with Gasteiger partial charge in [-0.2, -0.15) is 0 Å². The second-order valence-corrected chi connectivity index (χ2v) is 5.08. The SMILES string of the molecule is Cc1cc(NN)ccc1C(=O)N(C)CCC(C)C. The van der Waals surface area contributed by atoms with Gasteiger partial charge in [-0.05, 0) is 43.0 Å². The Labute approximate surface area is 109 Å². The average molecular weight is 249 g/mol. The lowest BCUT2D eigenvalue weighted by Gasteiger charge is -2.19. The molecule has 1 aromatic rings. The maximum absolute atomic E-state index is 12.3. The summed E-state index contributed by atoms with van der Waals surface area (Å²) in [6.45, 7) is 7.02. The molecule has 0 atom stereocenters. The summed E-state index contributed by atoms with van der Waals surface area (Å²) in [5.74, 6) is 6.01.